The van der Waals surface area contributed by atoms with Crippen molar-refractivity contribution in [2.24, 2.45) is 0 Å². The van der Waals surface area contributed by atoms with Crippen molar-refractivity contribution in [2.75, 3.05) is 15.4 Å². The first kappa shape index (κ1) is 23.6. The monoisotopic (exact) mass is 570 g/mol. The van der Waals surface area contributed by atoms with E-state index in [-0.39, 0.29) is 23.0 Å². The van der Waals surface area contributed by atoms with E-state index in [9.17, 15) is 9.00 Å². The maximum absolute atomic E-state index is 13.9. The number of aromatic nitrogens is 3. The number of benzene rings is 3. The zero-order valence-electron chi connectivity index (χ0n) is 21.2. The Morgan fingerprint density at radius 2 is 1.88 bits per heavy atom. The number of anilines is 4. The average molecular weight is 571 g/mol. The molecule has 5 heterocycles. The van der Waals surface area contributed by atoms with Crippen LogP contribution in [0, 0.1) is 6.92 Å². The number of hydrogen-bond acceptors (Lipinski definition) is 6. The number of carbonyl (C=O) groups is 1. The lowest BCUT2D eigenvalue weighted by atomic mass is 10.1. The fraction of sp³-hybridized carbons (Fsp3) is 0.138. The van der Waals surface area contributed by atoms with Crippen molar-refractivity contribution in [3.8, 4) is 11.3 Å². The third-order valence-corrected chi connectivity index (χ3v) is 11.3. The summed E-state index contributed by atoms with van der Waals surface area (Å²) in [5.41, 5.74) is 7.14. The lowest BCUT2D eigenvalue weighted by Gasteiger charge is -2.23. The first-order valence-corrected chi connectivity index (χ1v) is 15.2. The largest absolute Gasteiger partial charge is 0.359 e. The summed E-state index contributed by atoms with van der Waals surface area (Å²) in [6, 6.07) is 21.0. The van der Waals surface area contributed by atoms with E-state index >= 15 is 0 Å². The predicted octanol–water partition coefficient (Wildman–Crippen LogP) is 6.00. The highest BCUT2D eigenvalue weighted by Gasteiger charge is 2.86. The Morgan fingerprint density at radius 1 is 1.05 bits per heavy atom. The van der Waals surface area contributed by atoms with Crippen molar-refractivity contribution < 1.29 is 13.2 Å². The SMILES string of the molecule is Cc1cc2cc(NS34(=O)OC3C4c3ccc(Nc4ncc5c(n4)-c4ccc(Cl)cc4NC(=O)C5)cc3)ccc2[nH]1. The molecule has 2 unspecified atom stereocenters. The molecule has 9 nitrogen and oxygen atoms in total. The van der Waals surface area contributed by atoms with Crippen LogP contribution in [0.3, 0.4) is 0 Å². The van der Waals surface area contributed by atoms with Gasteiger partial charge in [0.25, 0.3) is 0 Å². The van der Waals surface area contributed by atoms with E-state index < -0.39 is 9.53 Å². The lowest BCUT2D eigenvalue weighted by Crippen LogP contribution is -2.19. The van der Waals surface area contributed by atoms with Crippen LogP contribution in [0.2, 0.25) is 5.02 Å². The number of amides is 1. The molecule has 5 aromatic rings. The molecular weight excluding hydrogens is 548 g/mol. The summed E-state index contributed by atoms with van der Waals surface area (Å²) < 4.78 is 22.8. The van der Waals surface area contributed by atoms with Gasteiger partial charge in [-0.25, -0.2) is 14.2 Å². The van der Waals surface area contributed by atoms with Gasteiger partial charge < -0.3 is 15.6 Å². The quantitative estimate of drug-likeness (QED) is 0.192. The maximum atomic E-state index is 13.9. The molecule has 3 aliphatic rings. The molecule has 1 amide bonds. The topological polar surface area (TPSA) is 124 Å². The summed E-state index contributed by atoms with van der Waals surface area (Å²) in [6.07, 6.45) is 1.85. The van der Waals surface area contributed by atoms with E-state index in [1.807, 2.05) is 55.5 Å². The second-order valence-electron chi connectivity index (χ2n) is 10.5. The Hall–Kier alpha value is -4.25. The molecule has 3 aliphatic heterocycles. The Bertz CT molecular complexity index is 1970. The summed E-state index contributed by atoms with van der Waals surface area (Å²) in [4.78, 5) is 24.8. The van der Waals surface area contributed by atoms with Gasteiger partial charge in [0.2, 0.25) is 17.3 Å². The van der Waals surface area contributed by atoms with Gasteiger partial charge in [-0.3, -0.25) is 9.52 Å². The number of rotatable bonds is 5. The number of aryl methyl sites for hydroxylation is 1. The van der Waals surface area contributed by atoms with Crippen LogP contribution in [-0.4, -0.2) is 30.5 Å². The summed E-state index contributed by atoms with van der Waals surface area (Å²) in [5.74, 6) is 0.260. The molecule has 40 heavy (non-hydrogen) atoms. The zero-order valence-corrected chi connectivity index (χ0v) is 22.8. The minimum Gasteiger partial charge on any atom is -0.359 e. The van der Waals surface area contributed by atoms with Gasteiger partial charge in [0.1, 0.15) is 5.25 Å². The fourth-order valence-electron chi connectivity index (χ4n) is 5.61. The van der Waals surface area contributed by atoms with E-state index in [1.165, 1.54) is 0 Å². The second kappa shape index (κ2) is 7.91. The Kier molecular flexibility index (Phi) is 4.67. The molecule has 0 spiro atoms. The molecule has 2 aromatic heterocycles. The Morgan fingerprint density at radius 3 is 2.70 bits per heavy atom. The van der Waals surface area contributed by atoms with Crippen LogP contribution in [0.25, 0.3) is 22.2 Å². The molecule has 8 rings (SSSR count). The molecule has 2 atom stereocenters. The third-order valence-electron chi connectivity index (χ3n) is 7.64. The highest BCUT2D eigenvalue weighted by Crippen LogP contribution is 2.81. The van der Waals surface area contributed by atoms with Gasteiger partial charge >= 0.3 is 0 Å². The smallest absolute Gasteiger partial charge is 0.228 e. The van der Waals surface area contributed by atoms with Crippen LogP contribution in [0.15, 0.2) is 72.9 Å². The van der Waals surface area contributed by atoms with Gasteiger partial charge in [-0.1, -0.05) is 33.3 Å². The number of fused-ring (bicyclic) bond motifs is 5. The van der Waals surface area contributed by atoms with Gasteiger partial charge in [0, 0.05) is 44.6 Å². The molecule has 2 saturated heterocycles. The molecule has 0 radical (unpaired) electrons. The molecule has 3 aromatic carbocycles. The van der Waals surface area contributed by atoms with Gasteiger partial charge in [0.05, 0.1) is 23.5 Å². The van der Waals surface area contributed by atoms with Gasteiger partial charge in [0.15, 0.2) is 0 Å². The normalized spacial score (nSPS) is 21.9. The minimum atomic E-state index is -3.39. The predicted molar refractivity (Wildman–Crippen MR) is 157 cm³/mol. The van der Waals surface area contributed by atoms with Gasteiger partial charge in [-0.15, -0.1) is 0 Å². The zero-order chi connectivity index (χ0) is 27.2. The van der Waals surface area contributed by atoms with E-state index in [0.29, 0.717) is 22.4 Å². The highest BCUT2D eigenvalue weighted by molar-refractivity contribution is 8.29. The standard InChI is InChI=1S/C29H23ClN6O3S/c1-15-10-17-11-21(7-9-23(17)32-15)36-40(38)27(28(40)39-40)16-2-5-20(6-3-16)33-29-31-14-18-12-25(37)34-24-13-19(30)4-8-22(24)26(18)35-29/h2-11,13-14,27-28,32H,12H2,1H3,(H,34,37)(H,36,38)(H,31,33,35). The Labute approximate surface area is 234 Å². The van der Waals surface area contributed by atoms with E-state index in [4.69, 9.17) is 20.8 Å². The van der Waals surface area contributed by atoms with Crippen molar-refractivity contribution in [3.05, 3.63) is 94.8 Å². The number of nitrogens with zero attached hydrogens (tertiary/aromatic N) is 2. The molecule has 0 saturated carbocycles. The number of nitrogens with one attached hydrogen (secondary N) is 4. The summed E-state index contributed by atoms with van der Waals surface area (Å²) >= 11 is 6.15. The molecule has 4 N–H and O–H groups in total. The highest BCUT2D eigenvalue weighted by atomic mass is 35.5. The van der Waals surface area contributed by atoms with E-state index in [2.05, 4.69) is 31.4 Å². The maximum Gasteiger partial charge on any atom is 0.228 e. The number of aromatic amines is 1. The van der Waals surface area contributed by atoms with Crippen LogP contribution in [-0.2, 0) is 24.9 Å². The van der Waals surface area contributed by atoms with Crippen molar-refractivity contribution in [1.29, 1.82) is 0 Å². The first-order chi connectivity index (χ1) is 19.3. The molecule has 0 aliphatic carbocycles. The molecule has 0 bridgehead atoms. The van der Waals surface area contributed by atoms with Crippen LogP contribution < -0.4 is 15.4 Å². The van der Waals surface area contributed by atoms with Crippen LogP contribution in [0.1, 0.15) is 22.1 Å². The minimum absolute atomic E-state index is 0.143. The third kappa shape index (κ3) is 3.57. The molecular formula is C29H23ClN6O3S. The summed E-state index contributed by atoms with van der Waals surface area (Å²) in [7, 11) is -3.39. The molecule has 11 heteroatoms. The van der Waals surface area contributed by atoms with Crippen LogP contribution >= 0.6 is 11.6 Å². The van der Waals surface area contributed by atoms with Crippen molar-refractivity contribution >= 4 is 61.0 Å². The van der Waals surface area contributed by atoms with Gasteiger partial charge in [-0.05, 0) is 67.1 Å². The summed E-state index contributed by atoms with van der Waals surface area (Å²) in [5, 5.41) is 7.54. The average Bonchev–Trinajstić information content (AvgIpc) is 3.63. The van der Waals surface area contributed by atoms with Crippen molar-refractivity contribution in [2.45, 2.75) is 24.0 Å². The number of carbonyl (C=O) groups excluding carboxylic acids is 1. The summed E-state index contributed by atoms with van der Waals surface area (Å²) in [6.45, 7) is 2.01. The lowest BCUT2D eigenvalue weighted by molar-refractivity contribution is -0.115. The first-order valence-electron chi connectivity index (χ1n) is 12.8. The van der Waals surface area contributed by atoms with Gasteiger partial charge in [-0.2, -0.15) is 4.21 Å². The number of halogens is 1. The molecule has 2 fully saturated rings. The van der Waals surface area contributed by atoms with Crippen molar-refractivity contribution in [3.63, 3.8) is 0 Å². The second-order valence-corrected chi connectivity index (χ2v) is 14.3. The van der Waals surface area contributed by atoms with E-state index in [0.717, 1.165) is 44.7 Å². The fourth-order valence-corrected chi connectivity index (χ4v) is 9.41. The van der Waals surface area contributed by atoms with E-state index in [1.54, 1.807) is 18.3 Å². The van der Waals surface area contributed by atoms with Crippen LogP contribution in [0.4, 0.5) is 23.0 Å². The van der Waals surface area contributed by atoms with Crippen LogP contribution in [0.5, 0.6) is 0 Å². The number of H-pyrrole nitrogens is 1. The van der Waals surface area contributed by atoms with Crippen molar-refractivity contribution in [1.82, 2.24) is 15.0 Å². The Balaban J connectivity index is 1.02. The molecule has 200 valence electrons. The number of hydrogen-bond donors (Lipinski definition) is 4.